The Balaban J connectivity index is 2.11. The molecule has 0 spiro atoms. The number of anilines is 1. The topological polar surface area (TPSA) is 86.8 Å². The summed E-state index contributed by atoms with van der Waals surface area (Å²) in [5.41, 5.74) is 2.51. The molecular weight excluding hydrogens is 557 g/mol. The van der Waals surface area contributed by atoms with E-state index in [1.165, 1.54) is 4.90 Å². The van der Waals surface area contributed by atoms with E-state index in [1.807, 2.05) is 49.4 Å². The lowest BCUT2D eigenvalue weighted by molar-refractivity contribution is -0.140. The number of nitrogens with one attached hydrogen (secondary N) is 1. The van der Waals surface area contributed by atoms with E-state index >= 15 is 0 Å². The van der Waals surface area contributed by atoms with Crippen LogP contribution in [0.3, 0.4) is 0 Å². The largest absolute Gasteiger partial charge is 0.355 e. The number of para-hydroxylation sites is 1. The quantitative estimate of drug-likeness (QED) is 0.318. The smallest absolute Gasteiger partial charge is 0.244 e. The molecule has 208 valence electrons. The van der Waals surface area contributed by atoms with Crippen LogP contribution in [-0.4, -0.2) is 50.5 Å². The molecule has 0 aliphatic carbocycles. The van der Waals surface area contributed by atoms with E-state index in [0.717, 1.165) is 21.7 Å². The van der Waals surface area contributed by atoms with Gasteiger partial charge >= 0.3 is 0 Å². The summed E-state index contributed by atoms with van der Waals surface area (Å²) in [6.45, 7) is 3.49. The second-order valence-electron chi connectivity index (χ2n) is 9.07. The van der Waals surface area contributed by atoms with Crippen molar-refractivity contribution >= 4 is 50.7 Å². The van der Waals surface area contributed by atoms with Gasteiger partial charge in [-0.15, -0.1) is 0 Å². The minimum absolute atomic E-state index is 0.0843. The van der Waals surface area contributed by atoms with Crippen molar-refractivity contribution in [2.75, 3.05) is 23.7 Å². The van der Waals surface area contributed by atoms with E-state index in [4.69, 9.17) is 23.2 Å². The molecule has 3 aromatic rings. The molecule has 0 aliphatic heterocycles. The van der Waals surface area contributed by atoms with Gasteiger partial charge in [0, 0.05) is 35.1 Å². The second-order valence-corrected chi connectivity index (χ2v) is 11.8. The summed E-state index contributed by atoms with van der Waals surface area (Å²) in [4.78, 5) is 28.9. The number of hydrogen-bond donors (Lipinski definition) is 1. The molecule has 0 bridgehead atoms. The predicted octanol–water partition coefficient (Wildman–Crippen LogP) is 5.10. The number of aryl methyl sites for hydroxylation is 1. The maximum absolute atomic E-state index is 14.1. The van der Waals surface area contributed by atoms with Gasteiger partial charge in [0.15, 0.2) is 0 Å². The summed E-state index contributed by atoms with van der Waals surface area (Å²) >= 11 is 12.9. The first-order valence-electron chi connectivity index (χ1n) is 12.7. The van der Waals surface area contributed by atoms with Crippen molar-refractivity contribution in [1.82, 2.24) is 10.2 Å². The lowest BCUT2D eigenvalue weighted by atomic mass is 10.0. The molecule has 10 heteroatoms. The number of amides is 2. The molecule has 39 heavy (non-hydrogen) atoms. The Morgan fingerprint density at radius 1 is 0.897 bits per heavy atom. The Labute approximate surface area is 240 Å². The highest BCUT2D eigenvalue weighted by Crippen LogP contribution is 2.28. The highest BCUT2D eigenvalue weighted by atomic mass is 35.5. The first-order chi connectivity index (χ1) is 18.6. The van der Waals surface area contributed by atoms with Crippen LogP contribution in [0.1, 0.15) is 30.5 Å². The van der Waals surface area contributed by atoms with Gasteiger partial charge in [-0.25, -0.2) is 8.42 Å². The van der Waals surface area contributed by atoms with Crippen LogP contribution in [0.5, 0.6) is 0 Å². The van der Waals surface area contributed by atoms with E-state index in [2.05, 4.69) is 5.32 Å². The van der Waals surface area contributed by atoms with Crippen molar-refractivity contribution in [1.29, 1.82) is 0 Å². The molecule has 0 aliphatic rings. The number of hydrogen-bond acceptors (Lipinski definition) is 4. The highest BCUT2D eigenvalue weighted by Gasteiger charge is 2.34. The van der Waals surface area contributed by atoms with Crippen molar-refractivity contribution in [3.8, 4) is 0 Å². The Morgan fingerprint density at radius 3 is 2.10 bits per heavy atom. The predicted molar refractivity (Wildman–Crippen MR) is 158 cm³/mol. The van der Waals surface area contributed by atoms with Gasteiger partial charge in [-0.2, -0.15) is 0 Å². The van der Waals surface area contributed by atoms with Gasteiger partial charge in [-0.3, -0.25) is 13.9 Å². The van der Waals surface area contributed by atoms with E-state index in [-0.39, 0.29) is 18.9 Å². The van der Waals surface area contributed by atoms with Crippen LogP contribution in [0.2, 0.25) is 10.0 Å². The molecule has 1 atom stereocenters. The lowest BCUT2D eigenvalue weighted by Gasteiger charge is -2.34. The fourth-order valence-corrected chi connectivity index (χ4v) is 5.74. The molecule has 0 saturated carbocycles. The third kappa shape index (κ3) is 7.97. The summed E-state index contributed by atoms with van der Waals surface area (Å²) < 4.78 is 27.0. The molecule has 3 aromatic carbocycles. The van der Waals surface area contributed by atoms with Gasteiger partial charge < -0.3 is 10.2 Å². The molecule has 0 fully saturated rings. The molecule has 0 heterocycles. The minimum atomic E-state index is -3.85. The van der Waals surface area contributed by atoms with Crippen LogP contribution in [0.15, 0.2) is 72.8 Å². The van der Waals surface area contributed by atoms with E-state index in [0.29, 0.717) is 34.3 Å². The van der Waals surface area contributed by atoms with Crippen LogP contribution < -0.4 is 9.62 Å². The van der Waals surface area contributed by atoms with Crippen molar-refractivity contribution in [3.05, 3.63) is 99.5 Å². The summed E-state index contributed by atoms with van der Waals surface area (Å²) in [7, 11) is -3.85. The van der Waals surface area contributed by atoms with Gasteiger partial charge in [0.2, 0.25) is 21.8 Å². The normalized spacial score (nSPS) is 12.0. The Bertz CT molecular complexity index is 1380. The summed E-state index contributed by atoms with van der Waals surface area (Å²) in [5, 5.41) is 3.50. The SMILES string of the molecule is CCNC(=O)[C@H](Cc1ccccc1)N(Cc1c(Cl)cccc1Cl)C(=O)CN(c1ccccc1CC)S(C)(=O)=O. The molecule has 7 nitrogen and oxygen atoms in total. The average molecular weight is 591 g/mol. The molecule has 1 N–H and O–H groups in total. The lowest BCUT2D eigenvalue weighted by Crippen LogP contribution is -2.53. The Morgan fingerprint density at radius 2 is 1.51 bits per heavy atom. The van der Waals surface area contributed by atoms with Gasteiger partial charge in [-0.1, -0.05) is 84.7 Å². The van der Waals surface area contributed by atoms with Gasteiger partial charge in [0.25, 0.3) is 0 Å². The fourth-order valence-electron chi connectivity index (χ4n) is 4.35. The van der Waals surface area contributed by atoms with E-state index < -0.39 is 28.5 Å². The van der Waals surface area contributed by atoms with Crippen LogP contribution in [0, 0.1) is 0 Å². The molecule has 0 unspecified atom stereocenters. The highest BCUT2D eigenvalue weighted by molar-refractivity contribution is 7.92. The molecule has 2 amide bonds. The number of rotatable bonds is 12. The zero-order valence-electron chi connectivity index (χ0n) is 22.2. The summed E-state index contributed by atoms with van der Waals surface area (Å²) in [6, 6.07) is 20.4. The van der Waals surface area contributed by atoms with Crippen molar-refractivity contribution in [2.45, 2.75) is 39.3 Å². The van der Waals surface area contributed by atoms with E-state index in [1.54, 1.807) is 37.3 Å². The van der Waals surface area contributed by atoms with Crippen molar-refractivity contribution in [2.24, 2.45) is 0 Å². The standard InChI is InChI=1S/C29H33Cl2N3O4S/c1-4-22-14-9-10-17-26(22)34(39(3,37)38)20-28(35)33(19-23-24(30)15-11-16-25(23)31)27(29(36)32-5-2)18-21-12-7-6-8-13-21/h6-17,27H,4-5,18-20H2,1-3H3,(H,32,36)/t27-/m0/s1. The third-order valence-corrected chi connectivity index (χ3v) is 8.17. The second kappa shape index (κ2) is 13.8. The minimum Gasteiger partial charge on any atom is -0.355 e. The monoisotopic (exact) mass is 589 g/mol. The number of benzene rings is 3. The number of nitrogens with zero attached hydrogens (tertiary/aromatic N) is 2. The Hall–Kier alpha value is -3.07. The number of sulfonamides is 1. The zero-order chi connectivity index (χ0) is 28.6. The first-order valence-corrected chi connectivity index (χ1v) is 15.3. The molecule has 3 rings (SSSR count). The van der Waals surface area contributed by atoms with Crippen LogP contribution in [0.4, 0.5) is 5.69 Å². The van der Waals surface area contributed by atoms with Crippen molar-refractivity contribution < 1.29 is 18.0 Å². The average Bonchev–Trinajstić information content (AvgIpc) is 2.90. The van der Waals surface area contributed by atoms with Gasteiger partial charge in [0.05, 0.1) is 11.9 Å². The molecular formula is C29H33Cl2N3O4S. The first kappa shape index (κ1) is 30.5. The number of carbonyl (C=O) groups is 2. The molecule has 0 saturated heterocycles. The van der Waals surface area contributed by atoms with E-state index in [9.17, 15) is 18.0 Å². The Kier molecular flexibility index (Phi) is 10.8. The molecule has 0 radical (unpaired) electrons. The number of carbonyl (C=O) groups excluding carboxylic acids is 2. The van der Waals surface area contributed by atoms with Crippen molar-refractivity contribution in [3.63, 3.8) is 0 Å². The fraction of sp³-hybridized carbons (Fsp3) is 0.310. The summed E-state index contributed by atoms with van der Waals surface area (Å²) in [5.74, 6) is -0.924. The van der Waals surface area contributed by atoms with Crippen LogP contribution in [0.25, 0.3) is 0 Å². The number of likely N-dealkylation sites (N-methyl/N-ethyl adjacent to an activating group) is 1. The maximum Gasteiger partial charge on any atom is 0.244 e. The molecule has 0 aromatic heterocycles. The van der Waals surface area contributed by atoms with Crippen LogP contribution >= 0.6 is 23.2 Å². The third-order valence-electron chi connectivity index (χ3n) is 6.33. The zero-order valence-corrected chi connectivity index (χ0v) is 24.6. The van der Waals surface area contributed by atoms with Crippen LogP contribution in [-0.2, 0) is 39.0 Å². The van der Waals surface area contributed by atoms with Gasteiger partial charge in [0.1, 0.15) is 12.6 Å². The maximum atomic E-state index is 14.1. The van der Waals surface area contributed by atoms with Gasteiger partial charge in [-0.05, 0) is 42.7 Å². The number of halogens is 2. The summed E-state index contributed by atoms with van der Waals surface area (Å²) in [6.07, 6.45) is 1.85.